The quantitative estimate of drug-likeness (QED) is 0.580. The number of ether oxygens (including phenoxy) is 1. The van der Waals surface area contributed by atoms with Crippen LogP contribution < -0.4 is 4.90 Å². The molecule has 2 unspecified atom stereocenters. The van der Waals surface area contributed by atoms with Crippen molar-refractivity contribution in [1.82, 2.24) is 19.8 Å². The Morgan fingerprint density at radius 1 is 1.19 bits per heavy atom. The van der Waals surface area contributed by atoms with Gasteiger partial charge in [-0.05, 0) is 19.9 Å². The highest BCUT2D eigenvalue weighted by Gasteiger charge is 2.28. The standard InChI is InChI=1S/C18H24N6O2/c1-14-11-24(12-15(2)26-14)17(25)16(10-19)13-22-6-8-23(9-7-22)18-20-4-3-5-21-18/h3-5,13-15H,6-9,11-12H2,1-2H3/b16-13-. The minimum absolute atomic E-state index is 0.0166. The van der Waals surface area contributed by atoms with Gasteiger partial charge in [0.25, 0.3) is 5.91 Å². The number of aromatic nitrogens is 2. The van der Waals surface area contributed by atoms with Gasteiger partial charge >= 0.3 is 0 Å². The fourth-order valence-electron chi connectivity index (χ4n) is 3.33. The molecule has 8 heteroatoms. The summed E-state index contributed by atoms with van der Waals surface area (Å²) in [6.45, 7) is 7.84. The molecule has 2 aliphatic heterocycles. The summed E-state index contributed by atoms with van der Waals surface area (Å²) in [5.74, 6) is 0.493. The number of nitriles is 1. The van der Waals surface area contributed by atoms with E-state index in [1.165, 1.54) is 0 Å². The summed E-state index contributed by atoms with van der Waals surface area (Å²) >= 11 is 0. The number of hydrogen-bond acceptors (Lipinski definition) is 7. The molecule has 0 aromatic carbocycles. The van der Waals surface area contributed by atoms with Crippen molar-refractivity contribution in [1.29, 1.82) is 5.26 Å². The highest BCUT2D eigenvalue weighted by Crippen LogP contribution is 2.15. The normalized spacial score (nSPS) is 24.3. The number of anilines is 1. The number of hydrogen-bond donors (Lipinski definition) is 0. The summed E-state index contributed by atoms with van der Waals surface area (Å²) < 4.78 is 5.66. The number of piperazine rings is 1. The molecule has 0 bridgehead atoms. The first-order valence-corrected chi connectivity index (χ1v) is 8.89. The lowest BCUT2D eigenvalue weighted by Crippen LogP contribution is -2.49. The minimum Gasteiger partial charge on any atom is -0.373 e. The van der Waals surface area contributed by atoms with Gasteiger partial charge in [-0.3, -0.25) is 4.79 Å². The Bertz CT molecular complexity index is 683. The SMILES string of the molecule is CC1CN(C(=O)/C(C#N)=C\N2CCN(c3ncccn3)CC2)CC(C)O1. The molecule has 2 aliphatic rings. The maximum atomic E-state index is 12.7. The van der Waals surface area contributed by atoms with Crippen molar-refractivity contribution in [3.05, 3.63) is 30.2 Å². The van der Waals surface area contributed by atoms with Crippen LogP contribution >= 0.6 is 0 Å². The topological polar surface area (TPSA) is 85.6 Å². The van der Waals surface area contributed by atoms with E-state index in [-0.39, 0.29) is 23.7 Å². The van der Waals surface area contributed by atoms with Crippen molar-refractivity contribution in [3.63, 3.8) is 0 Å². The molecule has 2 fully saturated rings. The molecule has 2 saturated heterocycles. The molecule has 0 radical (unpaired) electrons. The van der Waals surface area contributed by atoms with E-state index < -0.39 is 0 Å². The second kappa shape index (κ2) is 8.15. The van der Waals surface area contributed by atoms with Crippen LogP contribution in [0.15, 0.2) is 30.2 Å². The van der Waals surface area contributed by atoms with Crippen LogP contribution in [0.4, 0.5) is 5.95 Å². The van der Waals surface area contributed by atoms with Crippen molar-refractivity contribution < 1.29 is 9.53 Å². The van der Waals surface area contributed by atoms with Crippen molar-refractivity contribution in [2.45, 2.75) is 26.1 Å². The number of nitrogens with zero attached hydrogens (tertiary/aromatic N) is 6. The molecule has 3 rings (SSSR count). The molecule has 138 valence electrons. The third-order valence-electron chi connectivity index (χ3n) is 4.52. The average molecular weight is 356 g/mol. The summed E-state index contributed by atoms with van der Waals surface area (Å²) in [6.07, 6.45) is 5.11. The second-order valence-electron chi connectivity index (χ2n) is 6.69. The van der Waals surface area contributed by atoms with Gasteiger partial charge in [0, 0.05) is 57.9 Å². The van der Waals surface area contributed by atoms with E-state index in [0.717, 1.165) is 13.1 Å². The van der Waals surface area contributed by atoms with E-state index >= 15 is 0 Å². The Labute approximate surface area is 153 Å². The molecule has 1 aromatic rings. The molecule has 0 aliphatic carbocycles. The summed E-state index contributed by atoms with van der Waals surface area (Å²) in [4.78, 5) is 27.1. The highest BCUT2D eigenvalue weighted by molar-refractivity contribution is 5.97. The maximum absolute atomic E-state index is 12.7. The van der Waals surface area contributed by atoms with Gasteiger partial charge in [0.1, 0.15) is 11.6 Å². The van der Waals surface area contributed by atoms with Gasteiger partial charge in [0.05, 0.1) is 12.2 Å². The average Bonchev–Trinajstić information content (AvgIpc) is 2.66. The van der Waals surface area contributed by atoms with Crippen LogP contribution in [0, 0.1) is 11.3 Å². The van der Waals surface area contributed by atoms with Gasteiger partial charge < -0.3 is 19.4 Å². The molecule has 3 heterocycles. The molecule has 1 amide bonds. The molecule has 26 heavy (non-hydrogen) atoms. The molecule has 8 nitrogen and oxygen atoms in total. The van der Waals surface area contributed by atoms with Crippen LogP contribution in [-0.2, 0) is 9.53 Å². The van der Waals surface area contributed by atoms with Crippen molar-refractivity contribution in [3.8, 4) is 6.07 Å². The van der Waals surface area contributed by atoms with E-state index in [1.807, 2.05) is 18.7 Å². The largest absolute Gasteiger partial charge is 0.373 e. The van der Waals surface area contributed by atoms with Gasteiger partial charge in [-0.2, -0.15) is 5.26 Å². The predicted molar refractivity (Wildman–Crippen MR) is 96.1 cm³/mol. The lowest BCUT2D eigenvalue weighted by molar-refractivity contribution is -0.138. The van der Waals surface area contributed by atoms with Crippen LogP contribution in [0.3, 0.4) is 0 Å². The number of amides is 1. The van der Waals surface area contributed by atoms with Gasteiger partial charge in [-0.25, -0.2) is 9.97 Å². The first-order chi connectivity index (χ1) is 12.6. The fraction of sp³-hybridized carbons (Fsp3) is 0.556. The molecule has 0 saturated carbocycles. The monoisotopic (exact) mass is 356 g/mol. The van der Waals surface area contributed by atoms with Crippen LogP contribution in [-0.4, -0.2) is 77.2 Å². The molecular weight excluding hydrogens is 332 g/mol. The smallest absolute Gasteiger partial charge is 0.266 e. The Morgan fingerprint density at radius 3 is 2.38 bits per heavy atom. The fourth-order valence-corrected chi connectivity index (χ4v) is 3.33. The van der Waals surface area contributed by atoms with Gasteiger partial charge in [-0.15, -0.1) is 0 Å². The third kappa shape index (κ3) is 4.29. The first-order valence-electron chi connectivity index (χ1n) is 8.89. The molecule has 1 aromatic heterocycles. The third-order valence-corrected chi connectivity index (χ3v) is 4.52. The van der Waals surface area contributed by atoms with Crippen LogP contribution in [0.1, 0.15) is 13.8 Å². The second-order valence-corrected chi connectivity index (χ2v) is 6.69. The molecule has 0 spiro atoms. The zero-order valence-electron chi connectivity index (χ0n) is 15.2. The molecule has 0 N–H and O–H groups in total. The maximum Gasteiger partial charge on any atom is 0.266 e. The van der Waals surface area contributed by atoms with Gasteiger partial charge in [0.2, 0.25) is 5.95 Å². The van der Waals surface area contributed by atoms with Gasteiger partial charge in [-0.1, -0.05) is 0 Å². The Kier molecular flexibility index (Phi) is 5.68. The summed E-state index contributed by atoms with van der Waals surface area (Å²) in [6, 6.07) is 3.86. The Morgan fingerprint density at radius 2 is 1.81 bits per heavy atom. The summed E-state index contributed by atoms with van der Waals surface area (Å²) in [5.41, 5.74) is 0.177. The zero-order chi connectivity index (χ0) is 18.5. The predicted octanol–water partition coefficient (Wildman–Crippen LogP) is 0.642. The highest BCUT2D eigenvalue weighted by atomic mass is 16.5. The van der Waals surface area contributed by atoms with Gasteiger partial charge in [0.15, 0.2) is 0 Å². The lowest BCUT2D eigenvalue weighted by Gasteiger charge is -2.36. The summed E-state index contributed by atoms with van der Waals surface area (Å²) in [7, 11) is 0. The van der Waals surface area contributed by atoms with Crippen molar-refractivity contribution in [2.24, 2.45) is 0 Å². The van der Waals surface area contributed by atoms with Crippen LogP contribution in [0.2, 0.25) is 0 Å². The first kappa shape index (κ1) is 18.1. The minimum atomic E-state index is -0.219. The number of carbonyl (C=O) groups is 1. The van der Waals surface area contributed by atoms with Crippen molar-refractivity contribution in [2.75, 3.05) is 44.2 Å². The molecule has 2 atom stereocenters. The van der Waals surface area contributed by atoms with E-state index in [0.29, 0.717) is 32.1 Å². The van der Waals surface area contributed by atoms with Crippen LogP contribution in [0.25, 0.3) is 0 Å². The Balaban J connectivity index is 1.61. The van der Waals surface area contributed by atoms with E-state index in [2.05, 4.69) is 20.9 Å². The van der Waals surface area contributed by atoms with E-state index in [1.54, 1.807) is 29.6 Å². The van der Waals surface area contributed by atoms with E-state index in [9.17, 15) is 10.1 Å². The number of morpholine rings is 1. The number of carbonyl (C=O) groups excluding carboxylic acids is 1. The lowest BCUT2D eigenvalue weighted by atomic mass is 10.2. The van der Waals surface area contributed by atoms with Crippen molar-refractivity contribution >= 4 is 11.9 Å². The molecular formula is C18H24N6O2. The van der Waals surface area contributed by atoms with E-state index in [4.69, 9.17) is 4.74 Å². The zero-order valence-corrected chi connectivity index (χ0v) is 15.2. The summed E-state index contributed by atoms with van der Waals surface area (Å²) in [5, 5.41) is 9.47. The van der Waals surface area contributed by atoms with Crippen LogP contribution in [0.5, 0.6) is 0 Å². The Hall–Kier alpha value is -2.66. The number of rotatable bonds is 3.